The maximum atomic E-state index is 14.2. The fraction of sp³-hybridized carbons (Fsp3) is 0.278. The maximum Gasteiger partial charge on any atom is 0.178 e. The Morgan fingerprint density at radius 3 is 2.48 bits per heavy atom. The molecule has 1 aliphatic rings. The smallest absolute Gasteiger partial charge is 0.178 e. The molecular weight excluding hydrogens is 313 g/mol. The molecule has 0 atom stereocenters. The zero-order valence-electron chi connectivity index (χ0n) is 13.1. The lowest BCUT2D eigenvalue weighted by molar-refractivity contribution is 0.570. The summed E-state index contributed by atoms with van der Waals surface area (Å²) in [7, 11) is -3.55. The third-order valence-electron chi connectivity index (χ3n) is 4.10. The van der Waals surface area contributed by atoms with E-state index in [4.69, 9.17) is 0 Å². The Kier molecular flexibility index (Phi) is 4.06. The number of hydrogen-bond acceptors (Lipinski definition) is 3. The van der Waals surface area contributed by atoms with Gasteiger partial charge in [-0.15, -0.1) is 0 Å². The molecule has 23 heavy (non-hydrogen) atoms. The van der Waals surface area contributed by atoms with E-state index in [2.05, 4.69) is 4.98 Å². The number of hydrogen-bond donors (Lipinski definition) is 0. The molecule has 0 N–H and O–H groups in total. The number of aromatic nitrogens is 1. The van der Waals surface area contributed by atoms with E-state index in [1.165, 1.54) is 12.1 Å². The molecule has 0 unspecified atom stereocenters. The van der Waals surface area contributed by atoms with Crippen LogP contribution in [-0.4, -0.2) is 19.7 Å². The van der Waals surface area contributed by atoms with E-state index < -0.39 is 15.7 Å². The van der Waals surface area contributed by atoms with Gasteiger partial charge in [-0.05, 0) is 67.2 Å². The van der Waals surface area contributed by atoms with Gasteiger partial charge in [0.1, 0.15) is 10.7 Å². The predicted octanol–water partition coefficient (Wildman–Crippen LogP) is 4.03. The molecule has 1 aromatic heterocycles. The fourth-order valence-corrected chi connectivity index (χ4v) is 3.77. The van der Waals surface area contributed by atoms with Crippen molar-refractivity contribution in [1.82, 2.24) is 4.98 Å². The number of pyridine rings is 1. The summed E-state index contributed by atoms with van der Waals surface area (Å²) in [5.74, 6) is -0.694. The minimum atomic E-state index is -3.55. The van der Waals surface area contributed by atoms with Crippen LogP contribution in [0.5, 0.6) is 0 Å². The van der Waals surface area contributed by atoms with Crippen LogP contribution in [0, 0.1) is 12.7 Å². The van der Waals surface area contributed by atoms with E-state index >= 15 is 0 Å². The van der Waals surface area contributed by atoms with E-state index in [-0.39, 0.29) is 4.90 Å². The summed E-state index contributed by atoms with van der Waals surface area (Å²) in [4.78, 5) is 4.31. The number of allylic oxidation sites excluding steroid dienone is 2. The van der Waals surface area contributed by atoms with Gasteiger partial charge >= 0.3 is 0 Å². The molecule has 0 saturated carbocycles. The van der Waals surface area contributed by atoms with Crippen molar-refractivity contribution in [2.45, 2.75) is 31.1 Å². The van der Waals surface area contributed by atoms with Crippen LogP contribution in [0.4, 0.5) is 4.39 Å². The van der Waals surface area contributed by atoms with Crippen molar-refractivity contribution in [3.8, 4) is 0 Å². The zero-order valence-corrected chi connectivity index (χ0v) is 14.0. The van der Waals surface area contributed by atoms with E-state index in [9.17, 15) is 12.8 Å². The summed E-state index contributed by atoms with van der Waals surface area (Å²) in [5.41, 5.74) is 4.79. The van der Waals surface area contributed by atoms with Crippen molar-refractivity contribution in [1.29, 1.82) is 0 Å². The van der Waals surface area contributed by atoms with Crippen molar-refractivity contribution in [2.24, 2.45) is 0 Å². The molecule has 0 aliphatic heterocycles. The molecule has 5 heteroatoms. The van der Waals surface area contributed by atoms with Gasteiger partial charge in [-0.3, -0.25) is 4.98 Å². The highest BCUT2D eigenvalue weighted by Gasteiger charge is 2.21. The van der Waals surface area contributed by atoms with Gasteiger partial charge in [0.25, 0.3) is 0 Å². The molecule has 120 valence electrons. The van der Waals surface area contributed by atoms with Crippen LogP contribution in [0.2, 0.25) is 0 Å². The van der Waals surface area contributed by atoms with Crippen LogP contribution in [0.3, 0.4) is 0 Å². The minimum Gasteiger partial charge on any atom is -0.253 e. The third-order valence-corrected chi connectivity index (χ3v) is 5.23. The zero-order chi connectivity index (χ0) is 16.6. The van der Waals surface area contributed by atoms with Crippen LogP contribution >= 0.6 is 0 Å². The second-order valence-electron chi connectivity index (χ2n) is 5.89. The molecule has 1 aliphatic carbocycles. The predicted molar refractivity (Wildman–Crippen MR) is 89.1 cm³/mol. The topological polar surface area (TPSA) is 47.0 Å². The molecule has 0 radical (unpaired) electrons. The van der Waals surface area contributed by atoms with Crippen molar-refractivity contribution >= 4 is 21.0 Å². The monoisotopic (exact) mass is 331 g/mol. The molecule has 3 nitrogen and oxygen atoms in total. The van der Waals surface area contributed by atoms with Gasteiger partial charge in [-0.2, -0.15) is 0 Å². The standard InChI is InChI=1S/C18H18FNO2S/c1-12-5-3-8-17(20-12)15-7-4-6-14(15)13-9-10-18(16(19)11-13)23(2,21)22/h3,5,8-11H,4,6-7H2,1-2H3. The second-order valence-corrected chi connectivity index (χ2v) is 7.88. The lowest BCUT2D eigenvalue weighted by Gasteiger charge is -2.10. The highest BCUT2D eigenvalue weighted by Crippen LogP contribution is 2.39. The van der Waals surface area contributed by atoms with E-state index in [1.54, 1.807) is 6.07 Å². The molecule has 3 rings (SSSR count). The summed E-state index contributed by atoms with van der Waals surface area (Å²) in [5, 5.41) is 0. The summed E-state index contributed by atoms with van der Waals surface area (Å²) in [6.45, 7) is 1.94. The number of aryl methyl sites for hydroxylation is 1. The number of sulfone groups is 1. The average molecular weight is 331 g/mol. The second kappa shape index (κ2) is 5.89. The van der Waals surface area contributed by atoms with E-state index in [1.807, 2.05) is 25.1 Å². The highest BCUT2D eigenvalue weighted by atomic mass is 32.2. The molecule has 0 saturated heterocycles. The average Bonchev–Trinajstić information content (AvgIpc) is 2.95. The Hall–Kier alpha value is -2.01. The number of benzene rings is 1. The number of nitrogens with zero attached hydrogens (tertiary/aromatic N) is 1. The lowest BCUT2D eigenvalue weighted by atomic mass is 10.00. The summed E-state index contributed by atoms with van der Waals surface area (Å²) < 4.78 is 37.3. The Morgan fingerprint density at radius 2 is 1.83 bits per heavy atom. The van der Waals surface area contributed by atoms with Gasteiger partial charge in [0.05, 0.1) is 5.69 Å². The van der Waals surface area contributed by atoms with Crippen LogP contribution in [0.25, 0.3) is 11.1 Å². The Balaban J connectivity index is 2.10. The molecule has 0 fully saturated rings. The first-order valence-corrected chi connectivity index (χ1v) is 9.41. The third kappa shape index (κ3) is 3.20. The van der Waals surface area contributed by atoms with Gasteiger partial charge in [0.2, 0.25) is 0 Å². The largest absolute Gasteiger partial charge is 0.253 e. The quantitative estimate of drug-likeness (QED) is 0.853. The first-order valence-electron chi connectivity index (χ1n) is 7.52. The number of rotatable bonds is 3. The fourth-order valence-electron chi connectivity index (χ4n) is 3.05. The summed E-state index contributed by atoms with van der Waals surface area (Å²) in [6, 6.07) is 10.2. The first kappa shape index (κ1) is 15.9. The van der Waals surface area contributed by atoms with Crippen LogP contribution < -0.4 is 0 Å². The molecule has 1 aromatic carbocycles. The van der Waals surface area contributed by atoms with Gasteiger partial charge in [-0.1, -0.05) is 12.1 Å². The van der Waals surface area contributed by atoms with Crippen LogP contribution in [0.1, 0.15) is 36.2 Å². The Bertz CT molecular complexity index is 901. The molecule has 2 aromatic rings. The SMILES string of the molecule is Cc1cccc(C2=C(c3ccc(S(C)(=O)=O)c(F)c3)CCC2)n1. The molecule has 0 spiro atoms. The lowest BCUT2D eigenvalue weighted by Crippen LogP contribution is -2.01. The van der Waals surface area contributed by atoms with Crippen LogP contribution in [0.15, 0.2) is 41.3 Å². The Morgan fingerprint density at radius 1 is 1.09 bits per heavy atom. The Labute approximate surface area is 135 Å². The highest BCUT2D eigenvalue weighted by molar-refractivity contribution is 7.90. The van der Waals surface area contributed by atoms with Crippen molar-refractivity contribution in [3.05, 3.63) is 59.2 Å². The number of halogens is 1. The first-order chi connectivity index (χ1) is 10.9. The summed E-state index contributed by atoms with van der Waals surface area (Å²) >= 11 is 0. The van der Waals surface area contributed by atoms with Gasteiger partial charge in [0.15, 0.2) is 9.84 Å². The molecule has 0 bridgehead atoms. The van der Waals surface area contributed by atoms with Crippen molar-refractivity contribution < 1.29 is 12.8 Å². The van der Waals surface area contributed by atoms with E-state index in [0.717, 1.165) is 53.6 Å². The maximum absolute atomic E-state index is 14.2. The minimum absolute atomic E-state index is 0.255. The molecule has 0 amide bonds. The molecular formula is C18H18FNO2S. The van der Waals surface area contributed by atoms with Crippen LogP contribution in [-0.2, 0) is 9.84 Å². The normalized spacial score (nSPS) is 15.3. The van der Waals surface area contributed by atoms with Gasteiger partial charge in [-0.25, -0.2) is 12.8 Å². The molecule has 1 heterocycles. The van der Waals surface area contributed by atoms with Gasteiger partial charge in [0, 0.05) is 11.9 Å². The van der Waals surface area contributed by atoms with Crippen molar-refractivity contribution in [2.75, 3.05) is 6.26 Å². The summed E-state index contributed by atoms with van der Waals surface area (Å²) in [6.07, 6.45) is 3.77. The van der Waals surface area contributed by atoms with Crippen molar-refractivity contribution in [3.63, 3.8) is 0 Å². The van der Waals surface area contributed by atoms with E-state index in [0.29, 0.717) is 0 Å². The van der Waals surface area contributed by atoms with Gasteiger partial charge < -0.3 is 0 Å².